The first-order chi connectivity index (χ1) is 6.70. The Morgan fingerprint density at radius 3 is 2.14 bits per heavy atom. The molecule has 0 aromatic heterocycles. The summed E-state index contributed by atoms with van der Waals surface area (Å²) in [6.07, 6.45) is 8.05. The van der Waals surface area contributed by atoms with E-state index in [0.29, 0.717) is 0 Å². The molecule has 0 aliphatic carbocycles. The predicted octanol–water partition coefficient (Wildman–Crippen LogP) is 3.98. The van der Waals surface area contributed by atoms with E-state index >= 15 is 0 Å². The minimum absolute atomic E-state index is 0.777. The third kappa shape index (κ3) is 8.55. The Kier molecular flexibility index (Phi) is 9.49. The van der Waals surface area contributed by atoms with Crippen molar-refractivity contribution in [3.05, 3.63) is 0 Å². The van der Waals surface area contributed by atoms with Gasteiger partial charge in [-0.25, -0.2) is 0 Å². The lowest BCUT2D eigenvalue weighted by atomic mass is 10.0. The van der Waals surface area contributed by atoms with Crippen LogP contribution in [0.2, 0.25) is 0 Å². The molecule has 1 N–H and O–H groups in total. The lowest BCUT2D eigenvalue weighted by Gasteiger charge is -2.18. The van der Waals surface area contributed by atoms with Gasteiger partial charge in [0.05, 0.1) is 0 Å². The first kappa shape index (κ1) is 14.0. The van der Waals surface area contributed by atoms with Crippen molar-refractivity contribution in [1.29, 1.82) is 0 Å². The van der Waals surface area contributed by atoms with Crippen LogP contribution in [0.5, 0.6) is 0 Å². The summed E-state index contributed by atoms with van der Waals surface area (Å²) in [5.41, 5.74) is 0. The van der Waals surface area contributed by atoms with E-state index < -0.39 is 0 Å². The molecule has 1 heteroatoms. The second-order valence-electron chi connectivity index (χ2n) is 4.76. The molecule has 1 unspecified atom stereocenters. The topological polar surface area (TPSA) is 12.0 Å². The molecule has 0 rings (SSSR count). The zero-order valence-corrected chi connectivity index (χ0v) is 10.6. The smallest absolute Gasteiger partial charge is 0.00669 e. The van der Waals surface area contributed by atoms with Crippen molar-refractivity contribution in [3.8, 4) is 0 Å². The highest BCUT2D eigenvalue weighted by Crippen LogP contribution is 2.11. The van der Waals surface area contributed by atoms with E-state index in [1.165, 1.54) is 45.1 Å². The van der Waals surface area contributed by atoms with Crippen LogP contribution < -0.4 is 5.32 Å². The Hall–Kier alpha value is -0.0400. The van der Waals surface area contributed by atoms with Gasteiger partial charge in [-0.3, -0.25) is 0 Å². The van der Waals surface area contributed by atoms with E-state index in [4.69, 9.17) is 0 Å². The highest BCUT2D eigenvalue weighted by atomic mass is 14.9. The first-order valence-electron chi connectivity index (χ1n) is 6.44. The molecule has 0 aliphatic rings. The van der Waals surface area contributed by atoms with Crippen LogP contribution in [0.3, 0.4) is 0 Å². The number of hydrogen-bond donors (Lipinski definition) is 1. The molecule has 0 fully saturated rings. The maximum atomic E-state index is 3.64. The van der Waals surface area contributed by atoms with Gasteiger partial charge in [0.15, 0.2) is 0 Å². The predicted molar refractivity (Wildman–Crippen MR) is 65.7 cm³/mol. The molecule has 0 bridgehead atoms. The second kappa shape index (κ2) is 9.51. The molecule has 0 aromatic rings. The quantitative estimate of drug-likeness (QED) is 0.592. The van der Waals surface area contributed by atoms with Crippen LogP contribution in [-0.4, -0.2) is 12.6 Å². The van der Waals surface area contributed by atoms with Gasteiger partial charge >= 0.3 is 0 Å². The summed E-state index contributed by atoms with van der Waals surface area (Å²) in [5.74, 6) is 0.864. The average Bonchev–Trinajstić information content (AvgIpc) is 2.13. The molecule has 0 radical (unpaired) electrons. The third-order valence-electron chi connectivity index (χ3n) is 2.65. The fourth-order valence-electron chi connectivity index (χ4n) is 1.82. The SMILES string of the molecule is CCCNC(CCC)CCCC(C)C. The Balaban J connectivity index is 3.50. The maximum Gasteiger partial charge on any atom is 0.00669 e. The van der Waals surface area contributed by atoms with E-state index in [0.717, 1.165) is 12.0 Å². The van der Waals surface area contributed by atoms with Crippen LogP contribution in [0.25, 0.3) is 0 Å². The largest absolute Gasteiger partial charge is 0.314 e. The Bertz CT molecular complexity index is 110. The Labute approximate surface area is 90.7 Å². The minimum atomic E-state index is 0.777. The van der Waals surface area contributed by atoms with Crippen molar-refractivity contribution >= 4 is 0 Å². The normalized spacial score (nSPS) is 13.5. The molecule has 86 valence electrons. The second-order valence-corrected chi connectivity index (χ2v) is 4.76. The summed E-state index contributed by atoms with van der Waals surface area (Å²) in [5, 5.41) is 3.64. The fraction of sp³-hybridized carbons (Fsp3) is 1.00. The van der Waals surface area contributed by atoms with Crippen molar-refractivity contribution in [2.75, 3.05) is 6.54 Å². The molecule has 0 heterocycles. The van der Waals surface area contributed by atoms with Crippen molar-refractivity contribution in [2.45, 2.75) is 72.3 Å². The third-order valence-corrected chi connectivity index (χ3v) is 2.65. The van der Waals surface area contributed by atoms with Crippen molar-refractivity contribution in [1.82, 2.24) is 5.32 Å². The van der Waals surface area contributed by atoms with E-state index in [2.05, 4.69) is 33.0 Å². The van der Waals surface area contributed by atoms with Gasteiger partial charge in [0, 0.05) is 6.04 Å². The summed E-state index contributed by atoms with van der Waals surface area (Å²) in [7, 11) is 0. The standard InChI is InChI=1S/C13H29N/c1-5-8-13(14-11-6-2)10-7-9-12(3)4/h12-14H,5-11H2,1-4H3. The molecule has 0 spiro atoms. The minimum Gasteiger partial charge on any atom is -0.314 e. The van der Waals surface area contributed by atoms with Gasteiger partial charge in [0.1, 0.15) is 0 Å². The highest BCUT2D eigenvalue weighted by Gasteiger charge is 2.06. The summed E-state index contributed by atoms with van der Waals surface area (Å²) in [6, 6.07) is 0.777. The fourth-order valence-corrected chi connectivity index (χ4v) is 1.82. The van der Waals surface area contributed by atoms with Gasteiger partial charge in [0.2, 0.25) is 0 Å². The Morgan fingerprint density at radius 2 is 1.64 bits per heavy atom. The highest BCUT2D eigenvalue weighted by molar-refractivity contribution is 4.66. The molecular formula is C13H29N. The van der Waals surface area contributed by atoms with Gasteiger partial charge in [-0.2, -0.15) is 0 Å². The molecule has 0 amide bonds. The zero-order chi connectivity index (χ0) is 10.8. The number of rotatable bonds is 9. The van der Waals surface area contributed by atoms with Crippen LogP contribution in [0.15, 0.2) is 0 Å². The van der Waals surface area contributed by atoms with Crippen LogP contribution in [0.1, 0.15) is 66.2 Å². The zero-order valence-electron chi connectivity index (χ0n) is 10.6. The summed E-state index contributed by atoms with van der Waals surface area (Å²) >= 11 is 0. The average molecular weight is 199 g/mol. The monoisotopic (exact) mass is 199 g/mol. The van der Waals surface area contributed by atoms with Gasteiger partial charge < -0.3 is 5.32 Å². The van der Waals surface area contributed by atoms with Crippen LogP contribution in [-0.2, 0) is 0 Å². The molecule has 0 aliphatic heterocycles. The first-order valence-corrected chi connectivity index (χ1v) is 6.44. The van der Waals surface area contributed by atoms with Crippen molar-refractivity contribution in [3.63, 3.8) is 0 Å². The summed E-state index contributed by atoms with van der Waals surface area (Å²) in [4.78, 5) is 0. The molecule has 0 saturated carbocycles. The molecule has 1 atom stereocenters. The molecular weight excluding hydrogens is 170 g/mol. The van der Waals surface area contributed by atoms with E-state index in [1.54, 1.807) is 0 Å². The van der Waals surface area contributed by atoms with Gasteiger partial charge in [-0.15, -0.1) is 0 Å². The van der Waals surface area contributed by atoms with Crippen molar-refractivity contribution in [2.24, 2.45) is 5.92 Å². The van der Waals surface area contributed by atoms with E-state index in [9.17, 15) is 0 Å². The van der Waals surface area contributed by atoms with Crippen LogP contribution in [0.4, 0.5) is 0 Å². The lowest BCUT2D eigenvalue weighted by molar-refractivity contribution is 0.415. The summed E-state index contributed by atoms with van der Waals surface area (Å²) in [6.45, 7) is 10.3. The van der Waals surface area contributed by atoms with Crippen LogP contribution >= 0.6 is 0 Å². The number of nitrogens with one attached hydrogen (secondary N) is 1. The van der Waals surface area contributed by atoms with E-state index in [-0.39, 0.29) is 0 Å². The lowest BCUT2D eigenvalue weighted by Crippen LogP contribution is -2.29. The summed E-state index contributed by atoms with van der Waals surface area (Å²) < 4.78 is 0. The van der Waals surface area contributed by atoms with Crippen molar-refractivity contribution < 1.29 is 0 Å². The van der Waals surface area contributed by atoms with Gasteiger partial charge in [-0.05, 0) is 31.7 Å². The molecule has 0 aromatic carbocycles. The maximum absolute atomic E-state index is 3.64. The van der Waals surface area contributed by atoms with Gasteiger partial charge in [-0.1, -0.05) is 47.0 Å². The molecule has 1 nitrogen and oxygen atoms in total. The Morgan fingerprint density at radius 1 is 0.929 bits per heavy atom. The van der Waals surface area contributed by atoms with E-state index in [1.807, 2.05) is 0 Å². The van der Waals surface area contributed by atoms with Gasteiger partial charge in [0.25, 0.3) is 0 Å². The molecule has 0 saturated heterocycles. The van der Waals surface area contributed by atoms with Crippen LogP contribution in [0, 0.1) is 5.92 Å². The molecule has 14 heavy (non-hydrogen) atoms. The number of hydrogen-bond acceptors (Lipinski definition) is 1.